The molecule has 0 saturated carbocycles. The van der Waals surface area contributed by atoms with Crippen molar-refractivity contribution in [1.29, 1.82) is 0 Å². The van der Waals surface area contributed by atoms with Gasteiger partial charge in [0.15, 0.2) is 0 Å². The van der Waals surface area contributed by atoms with Crippen LogP contribution < -0.4 is 10.6 Å². The third-order valence-corrected chi connectivity index (χ3v) is 2.62. The number of nitrogens with zero attached hydrogens (tertiary/aromatic N) is 2. The van der Waals surface area contributed by atoms with Gasteiger partial charge in [0.05, 0.1) is 0 Å². The maximum absolute atomic E-state index is 4.35. The van der Waals surface area contributed by atoms with E-state index < -0.39 is 0 Å². The Balaban J connectivity index is 2.00. The van der Waals surface area contributed by atoms with Crippen molar-refractivity contribution in [3.05, 3.63) is 35.9 Å². The van der Waals surface area contributed by atoms with E-state index in [4.69, 9.17) is 0 Å². The number of aromatic amines is 1. The van der Waals surface area contributed by atoms with Gasteiger partial charge in [-0.2, -0.15) is 12.6 Å². The van der Waals surface area contributed by atoms with Gasteiger partial charge in [-0.25, -0.2) is 9.97 Å². The number of aromatic nitrogens is 3. The lowest BCUT2D eigenvalue weighted by molar-refractivity contribution is 1.01. The van der Waals surface area contributed by atoms with Crippen LogP contribution in [0.1, 0.15) is 11.4 Å². The molecule has 0 aliphatic heterocycles. The first-order valence-corrected chi connectivity index (χ1v) is 6.47. The van der Waals surface area contributed by atoms with Crippen molar-refractivity contribution in [2.24, 2.45) is 0 Å². The second kappa shape index (κ2) is 6.30. The summed E-state index contributed by atoms with van der Waals surface area (Å²) in [5.74, 6) is 3.17. The lowest BCUT2D eigenvalue weighted by Crippen LogP contribution is -2.08. The minimum absolute atomic E-state index is 0.742. The van der Waals surface area contributed by atoms with Gasteiger partial charge in [-0.05, 0) is 18.6 Å². The van der Waals surface area contributed by atoms with Crippen LogP contribution in [0.3, 0.4) is 0 Å². The highest BCUT2D eigenvalue weighted by Gasteiger charge is 2.01. The Labute approximate surface area is 112 Å². The molecular formula is C12H17N5S. The fraction of sp³-hybridized carbons (Fsp3) is 0.333. The number of nitrogens with one attached hydrogen (secondary N) is 3. The highest BCUT2D eigenvalue weighted by molar-refractivity contribution is 7.80. The molecule has 2 aromatic rings. The van der Waals surface area contributed by atoms with Crippen molar-refractivity contribution in [3.8, 4) is 0 Å². The van der Waals surface area contributed by atoms with Gasteiger partial charge in [0.2, 0.25) is 0 Å². The summed E-state index contributed by atoms with van der Waals surface area (Å²) >= 11 is 4.16. The molecule has 18 heavy (non-hydrogen) atoms. The molecule has 0 aliphatic rings. The van der Waals surface area contributed by atoms with E-state index in [1.165, 1.54) is 5.56 Å². The summed E-state index contributed by atoms with van der Waals surface area (Å²) in [6.07, 6.45) is 3.86. The Morgan fingerprint density at radius 2 is 2.06 bits per heavy atom. The van der Waals surface area contributed by atoms with Crippen molar-refractivity contribution in [2.45, 2.75) is 13.5 Å². The third-order valence-electron chi connectivity index (χ3n) is 2.39. The van der Waals surface area contributed by atoms with Crippen LogP contribution in [0.4, 0.5) is 11.6 Å². The number of H-pyrrole nitrogens is 1. The van der Waals surface area contributed by atoms with Crippen LogP contribution in [-0.2, 0) is 6.54 Å². The Bertz CT molecular complexity index is 483. The van der Waals surface area contributed by atoms with E-state index in [1.807, 2.05) is 31.5 Å². The molecule has 5 nitrogen and oxygen atoms in total. The van der Waals surface area contributed by atoms with Gasteiger partial charge in [-0.15, -0.1) is 0 Å². The van der Waals surface area contributed by atoms with E-state index in [0.717, 1.165) is 36.3 Å². The molecule has 0 saturated heterocycles. The Morgan fingerprint density at radius 1 is 1.28 bits per heavy atom. The number of thiol groups is 1. The normalized spacial score (nSPS) is 10.3. The van der Waals surface area contributed by atoms with E-state index in [0.29, 0.717) is 0 Å². The number of hydrogen-bond donors (Lipinski definition) is 4. The maximum Gasteiger partial charge on any atom is 0.132 e. The van der Waals surface area contributed by atoms with Crippen molar-refractivity contribution < 1.29 is 0 Å². The van der Waals surface area contributed by atoms with Crippen molar-refractivity contribution >= 4 is 24.3 Å². The molecule has 3 N–H and O–H groups in total. The quantitative estimate of drug-likeness (QED) is 0.602. The first-order valence-electron chi connectivity index (χ1n) is 5.84. The molecule has 0 unspecified atom stereocenters. The van der Waals surface area contributed by atoms with Gasteiger partial charge < -0.3 is 15.6 Å². The molecule has 6 heteroatoms. The largest absolute Gasteiger partial charge is 0.369 e. The van der Waals surface area contributed by atoms with Gasteiger partial charge >= 0.3 is 0 Å². The monoisotopic (exact) mass is 263 g/mol. The zero-order valence-electron chi connectivity index (χ0n) is 10.3. The SMILES string of the molecule is Cc1nc(NCCS)cc(NCc2cc[nH]c2)n1. The number of anilines is 2. The first kappa shape index (κ1) is 12.8. The lowest BCUT2D eigenvalue weighted by atomic mass is 10.3. The fourth-order valence-electron chi connectivity index (χ4n) is 1.59. The predicted octanol–water partition coefficient (Wildman–Crippen LogP) is 2.07. The van der Waals surface area contributed by atoms with Crippen LogP contribution in [-0.4, -0.2) is 27.2 Å². The molecule has 2 heterocycles. The summed E-state index contributed by atoms with van der Waals surface area (Å²) < 4.78 is 0. The minimum atomic E-state index is 0.742. The van der Waals surface area contributed by atoms with E-state index in [9.17, 15) is 0 Å². The molecule has 0 amide bonds. The van der Waals surface area contributed by atoms with Crippen molar-refractivity contribution in [3.63, 3.8) is 0 Å². The second-order valence-electron chi connectivity index (χ2n) is 3.91. The Kier molecular flexibility index (Phi) is 4.46. The zero-order chi connectivity index (χ0) is 12.8. The average Bonchev–Trinajstić information content (AvgIpc) is 2.86. The van der Waals surface area contributed by atoms with Crippen molar-refractivity contribution in [2.75, 3.05) is 22.9 Å². The number of aryl methyl sites for hydroxylation is 1. The molecule has 0 atom stereocenters. The van der Waals surface area contributed by atoms with Crippen molar-refractivity contribution in [1.82, 2.24) is 15.0 Å². The minimum Gasteiger partial charge on any atom is -0.369 e. The Hall–Kier alpha value is -1.69. The van der Waals surface area contributed by atoms with E-state index in [1.54, 1.807) is 0 Å². The predicted molar refractivity (Wildman–Crippen MR) is 77.2 cm³/mol. The lowest BCUT2D eigenvalue weighted by Gasteiger charge is -2.09. The number of hydrogen-bond acceptors (Lipinski definition) is 5. The summed E-state index contributed by atoms with van der Waals surface area (Å²) in [4.78, 5) is 11.7. The van der Waals surface area contributed by atoms with Crippen LogP contribution in [0.5, 0.6) is 0 Å². The molecule has 96 valence electrons. The molecule has 0 spiro atoms. The molecule has 0 fully saturated rings. The summed E-state index contributed by atoms with van der Waals surface area (Å²) in [7, 11) is 0. The molecular weight excluding hydrogens is 246 g/mol. The van der Waals surface area contributed by atoms with Gasteiger partial charge in [-0.1, -0.05) is 0 Å². The van der Waals surface area contributed by atoms with Crippen LogP contribution in [0.2, 0.25) is 0 Å². The van der Waals surface area contributed by atoms with Gasteiger partial charge in [0.25, 0.3) is 0 Å². The third kappa shape index (κ3) is 3.66. The smallest absolute Gasteiger partial charge is 0.132 e. The number of rotatable bonds is 6. The molecule has 0 aliphatic carbocycles. The molecule has 0 aromatic carbocycles. The summed E-state index contributed by atoms with van der Waals surface area (Å²) in [5, 5.41) is 6.47. The molecule has 0 bridgehead atoms. The van der Waals surface area contributed by atoms with E-state index in [-0.39, 0.29) is 0 Å². The van der Waals surface area contributed by atoms with Crippen LogP contribution in [0.15, 0.2) is 24.5 Å². The van der Waals surface area contributed by atoms with E-state index in [2.05, 4.69) is 38.2 Å². The standard InChI is InChI=1S/C12H17N5S/c1-9-16-11(14-4-5-18)6-12(17-9)15-8-10-2-3-13-7-10/h2-3,6-7,13,18H,4-5,8H2,1H3,(H2,14,15,16,17). The Morgan fingerprint density at radius 3 is 2.72 bits per heavy atom. The maximum atomic E-state index is 4.35. The summed E-state index contributed by atoms with van der Waals surface area (Å²) in [6.45, 7) is 3.41. The second-order valence-corrected chi connectivity index (χ2v) is 4.36. The molecule has 0 radical (unpaired) electrons. The fourth-order valence-corrected chi connectivity index (χ4v) is 1.71. The van der Waals surface area contributed by atoms with Gasteiger partial charge in [0, 0.05) is 37.3 Å². The molecule has 2 rings (SSSR count). The van der Waals surface area contributed by atoms with Gasteiger partial charge in [-0.3, -0.25) is 0 Å². The first-order chi connectivity index (χ1) is 8.78. The van der Waals surface area contributed by atoms with Crippen LogP contribution >= 0.6 is 12.6 Å². The highest BCUT2D eigenvalue weighted by atomic mass is 32.1. The summed E-state index contributed by atoms with van der Waals surface area (Å²) in [6, 6.07) is 3.93. The highest BCUT2D eigenvalue weighted by Crippen LogP contribution is 2.12. The van der Waals surface area contributed by atoms with Gasteiger partial charge in [0.1, 0.15) is 17.5 Å². The van der Waals surface area contributed by atoms with Crippen LogP contribution in [0, 0.1) is 6.92 Å². The topological polar surface area (TPSA) is 65.6 Å². The average molecular weight is 263 g/mol. The van der Waals surface area contributed by atoms with E-state index >= 15 is 0 Å². The molecule has 2 aromatic heterocycles. The zero-order valence-corrected chi connectivity index (χ0v) is 11.2. The van der Waals surface area contributed by atoms with Crippen LogP contribution in [0.25, 0.3) is 0 Å². The summed E-state index contributed by atoms with van der Waals surface area (Å²) in [5.41, 5.74) is 1.19.